The van der Waals surface area contributed by atoms with Crippen molar-refractivity contribution in [3.8, 4) is 0 Å². The Labute approximate surface area is 196 Å². The molecule has 0 bridgehead atoms. The van der Waals surface area contributed by atoms with E-state index < -0.39 is 24.1 Å². The Kier molecular flexibility index (Phi) is 10.4. The molecule has 3 N–H and O–H groups in total. The van der Waals surface area contributed by atoms with Gasteiger partial charge in [0.05, 0.1) is 6.04 Å². The second-order valence-electron chi connectivity index (χ2n) is 9.47. The molecule has 1 aliphatic rings. The van der Waals surface area contributed by atoms with Crippen molar-refractivity contribution in [3.63, 3.8) is 0 Å². The lowest BCUT2D eigenvalue weighted by Crippen LogP contribution is -2.51. The van der Waals surface area contributed by atoms with Crippen molar-refractivity contribution in [2.75, 3.05) is 6.54 Å². The summed E-state index contributed by atoms with van der Waals surface area (Å²) < 4.78 is 5.68. The number of ether oxygens (including phenoxy) is 1. The highest BCUT2D eigenvalue weighted by atomic mass is 16.6. The highest BCUT2D eigenvalue weighted by Crippen LogP contribution is 2.17. The molecule has 8 nitrogen and oxygen atoms in total. The minimum atomic E-state index is -0.845. The zero-order valence-corrected chi connectivity index (χ0v) is 20.0. The predicted molar refractivity (Wildman–Crippen MR) is 125 cm³/mol. The van der Waals surface area contributed by atoms with Gasteiger partial charge in [-0.2, -0.15) is 0 Å². The van der Waals surface area contributed by atoms with Crippen LogP contribution in [0.15, 0.2) is 30.3 Å². The van der Waals surface area contributed by atoms with Crippen molar-refractivity contribution < 1.29 is 23.9 Å². The Morgan fingerprint density at radius 3 is 2.39 bits per heavy atom. The van der Waals surface area contributed by atoms with Gasteiger partial charge in [0, 0.05) is 18.9 Å². The van der Waals surface area contributed by atoms with E-state index in [0.29, 0.717) is 32.1 Å². The van der Waals surface area contributed by atoms with Gasteiger partial charge in [-0.25, -0.2) is 4.79 Å². The van der Waals surface area contributed by atoms with E-state index in [9.17, 15) is 19.2 Å². The highest BCUT2D eigenvalue weighted by molar-refractivity contribution is 5.88. The molecule has 1 aromatic carbocycles. The predicted octanol–water partition coefficient (Wildman–Crippen LogP) is 2.60. The average molecular weight is 460 g/mol. The summed E-state index contributed by atoms with van der Waals surface area (Å²) in [5, 5.41) is 8.10. The number of alkyl carbamates (subject to hydrolysis) is 1. The zero-order valence-electron chi connectivity index (χ0n) is 20.0. The number of hydrogen-bond acceptors (Lipinski definition) is 5. The molecule has 0 radical (unpaired) electrons. The van der Waals surface area contributed by atoms with Gasteiger partial charge in [0.1, 0.15) is 18.4 Å². The molecule has 0 aromatic heterocycles. The number of hydrogen-bond donors (Lipinski definition) is 3. The topological polar surface area (TPSA) is 114 Å². The van der Waals surface area contributed by atoms with Crippen LogP contribution in [0, 0.1) is 17.8 Å². The smallest absolute Gasteiger partial charge is 0.408 e. The van der Waals surface area contributed by atoms with E-state index in [1.165, 1.54) is 0 Å². The maximum atomic E-state index is 12.9. The number of aldehydes is 1. The lowest BCUT2D eigenvalue weighted by atomic mass is 9.98. The summed E-state index contributed by atoms with van der Waals surface area (Å²) in [6.45, 7) is 8.42. The minimum absolute atomic E-state index is 0.0883. The molecule has 1 heterocycles. The van der Waals surface area contributed by atoms with E-state index >= 15 is 0 Å². The molecule has 4 unspecified atom stereocenters. The van der Waals surface area contributed by atoms with Crippen LogP contribution >= 0.6 is 0 Å². The number of rotatable bonds is 12. The van der Waals surface area contributed by atoms with Gasteiger partial charge in [0.2, 0.25) is 11.8 Å². The van der Waals surface area contributed by atoms with Crippen molar-refractivity contribution in [2.24, 2.45) is 17.8 Å². The fourth-order valence-electron chi connectivity index (χ4n) is 3.88. The van der Waals surface area contributed by atoms with Gasteiger partial charge in [0.15, 0.2) is 0 Å². The van der Waals surface area contributed by atoms with Crippen molar-refractivity contribution in [1.29, 1.82) is 0 Å². The van der Waals surface area contributed by atoms with E-state index in [1.54, 1.807) is 0 Å². The van der Waals surface area contributed by atoms with Gasteiger partial charge >= 0.3 is 6.09 Å². The van der Waals surface area contributed by atoms with Crippen LogP contribution in [0.2, 0.25) is 0 Å². The molecule has 2 rings (SSSR count). The molecular weight excluding hydrogens is 422 g/mol. The largest absolute Gasteiger partial charge is 0.446 e. The van der Waals surface area contributed by atoms with Gasteiger partial charge in [-0.3, -0.25) is 9.59 Å². The Morgan fingerprint density at radius 1 is 1.15 bits per heavy atom. The second-order valence-corrected chi connectivity index (χ2v) is 9.47. The number of amides is 3. The summed E-state index contributed by atoms with van der Waals surface area (Å²) in [5.74, 6) is -0.645. The van der Waals surface area contributed by atoms with Crippen LogP contribution < -0.4 is 16.0 Å². The third-order valence-electron chi connectivity index (χ3n) is 5.79. The van der Waals surface area contributed by atoms with E-state index in [1.807, 2.05) is 58.0 Å². The Hall–Kier alpha value is -2.90. The van der Waals surface area contributed by atoms with Crippen molar-refractivity contribution in [3.05, 3.63) is 35.9 Å². The molecule has 0 aliphatic carbocycles. The maximum Gasteiger partial charge on any atom is 0.408 e. The molecule has 1 fully saturated rings. The normalized spacial score (nSPS) is 18.4. The average Bonchev–Trinajstić information content (AvgIpc) is 3.16. The monoisotopic (exact) mass is 459 g/mol. The quantitative estimate of drug-likeness (QED) is 0.416. The van der Waals surface area contributed by atoms with Crippen LogP contribution in [0.25, 0.3) is 0 Å². The number of carbonyl (C=O) groups is 4. The molecule has 1 aliphatic heterocycles. The van der Waals surface area contributed by atoms with Crippen LogP contribution in [0.5, 0.6) is 0 Å². The third kappa shape index (κ3) is 8.86. The van der Waals surface area contributed by atoms with Crippen molar-refractivity contribution in [1.82, 2.24) is 16.0 Å². The molecule has 33 heavy (non-hydrogen) atoms. The number of nitrogens with one attached hydrogen (secondary N) is 3. The van der Waals surface area contributed by atoms with Gasteiger partial charge < -0.3 is 25.5 Å². The zero-order chi connectivity index (χ0) is 24.4. The standard InChI is InChI=1S/C25H37N3O5/c1-16(2)12-21(24(31)27-20(15-29)14-19-10-11-26-23(19)30)28-25(32)33-22(17(3)4)13-18-8-6-5-7-9-18/h5-9,15-17,19-22H,10-14H2,1-4H3,(H,26,30)(H,27,31)(H,28,32). The fraction of sp³-hybridized carbons (Fsp3) is 0.600. The first-order valence-corrected chi connectivity index (χ1v) is 11.7. The number of carbonyl (C=O) groups excluding carboxylic acids is 4. The van der Waals surface area contributed by atoms with Gasteiger partial charge in [-0.05, 0) is 36.7 Å². The molecule has 0 spiro atoms. The van der Waals surface area contributed by atoms with E-state index in [0.717, 1.165) is 5.56 Å². The second kappa shape index (κ2) is 13.0. The first kappa shape index (κ1) is 26.4. The lowest BCUT2D eigenvalue weighted by molar-refractivity contribution is -0.127. The summed E-state index contributed by atoms with van der Waals surface area (Å²) in [7, 11) is 0. The van der Waals surface area contributed by atoms with Crippen LogP contribution in [-0.2, 0) is 25.5 Å². The molecule has 3 amide bonds. The van der Waals surface area contributed by atoms with E-state index in [-0.39, 0.29) is 36.2 Å². The van der Waals surface area contributed by atoms with Gasteiger partial charge in [-0.1, -0.05) is 58.0 Å². The van der Waals surface area contributed by atoms with Gasteiger partial charge in [0.25, 0.3) is 0 Å². The van der Waals surface area contributed by atoms with Gasteiger partial charge in [-0.15, -0.1) is 0 Å². The van der Waals surface area contributed by atoms with Crippen LogP contribution in [0.3, 0.4) is 0 Å². The molecular formula is C25H37N3O5. The first-order valence-electron chi connectivity index (χ1n) is 11.7. The van der Waals surface area contributed by atoms with E-state index in [4.69, 9.17) is 4.74 Å². The Bertz CT molecular complexity index is 796. The summed E-state index contributed by atoms with van der Waals surface area (Å²) in [5.41, 5.74) is 1.06. The molecule has 8 heteroatoms. The minimum Gasteiger partial charge on any atom is -0.446 e. The Balaban J connectivity index is 1.98. The Morgan fingerprint density at radius 2 is 1.85 bits per heavy atom. The van der Waals surface area contributed by atoms with Crippen LogP contribution in [-0.4, -0.2) is 48.9 Å². The number of benzene rings is 1. The highest BCUT2D eigenvalue weighted by Gasteiger charge is 2.30. The summed E-state index contributed by atoms with van der Waals surface area (Å²) in [4.78, 5) is 48.9. The molecule has 0 saturated carbocycles. The molecule has 182 valence electrons. The summed E-state index contributed by atoms with van der Waals surface area (Å²) in [6, 6.07) is 8.14. The molecule has 4 atom stereocenters. The van der Waals surface area contributed by atoms with E-state index in [2.05, 4.69) is 16.0 Å². The summed E-state index contributed by atoms with van der Waals surface area (Å²) >= 11 is 0. The van der Waals surface area contributed by atoms with Crippen molar-refractivity contribution >= 4 is 24.2 Å². The fourth-order valence-corrected chi connectivity index (χ4v) is 3.88. The van der Waals surface area contributed by atoms with Crippen molar-refractivity contribution in [2.45, 2.75) is 71.6 Å². The third-order valence-corrected chi connectivity index (χ3v) is 5.79. The SMILES string of the molecule is CC(C)CC(NC(=O)OC(Cc1ccccc1)C(C)C)C(=O)NC(C=O)CC1CCNC1=O. The lowest BCUT2D eigenvalue weighted by Gasteiger charge is -2.26. The first-order chi connectivity index (χ1) is 15.7. The van der Waals surface area contributed by atoms with Crippen LogP contribution in [0.4, 0.5) is 4.79 Å². The molecule has 1 aromatic rings. The summed E-state index contributed by atoms with van der Waals surface area (Å²) in [6.07, 6.45) is 1.47. The van der Waals surface area contributed by atoms with Crippen LogP contribution in [0.1, 0.15) is 52.5 Å². The maximum absolute atomic E-state index is 12.9. The molecule has 1 saturated heterocycles.